The lowest BCUT2D eigenvalue weighted by atomic mass is 10.1. The molecule has 0 aliphatic heterocycles. The number of hydrogen-bond acceptors (Lipinski definition) is 2. The van der Waals surface area contributed by atoms with E-state index in [1.54, 1.807) is 18.2 Å². The number of nitrogens with zero attached hydrogens (tertiary/aromatic N) is 1. The molecule has 0 spiro atoms. The number of nitrogens with one attached hydrogen (secondary N) is 1. The first kappa shape index (κ1) is 18.0. The Morgan fingerprint density at radius 2 is 1.85 bits per heavy atom. The number of fused-ring (bicyclic) bond motifs is 1. The SMILES string of the molecule is CC(=O)n1cc(C(=O)Nc2cccc(C(F)(F)F)c2)c2ccc(Cl)cc21. The molecule has 26 heavy (non-hydrogen) atoms. The van der Waals surface area contributed by atoms with E-state index in [-0.39, 0.29) is 17.2 Å². The van der Waals surface area contributed by atoms with Gasteiger partial charge in [-0.25, -0.2) is 0 Å². The van der Waals surface area contributed by atoms with Gasteiger partial charge in [0.1, 0.15) is 0 Å². The normalized spacial score (nSPS) is 11.6. The van der Waals surface area contributed by atoms with Crippen molar-refractivity contribution in [1.82, 2.24) is 4.57 Å². The van der Waals surface area contributed by atoms with Crippen LogP contribution in [0.2, 0.25) is 5.02 Å². The minimum absolute atomic E-state index is 0.00233. The summed E-state index contributed by atoms with van der Waals surface area (Å²) in [5.74, 6) is -0.952. The average Bonchev–Trinajstić information content (AvgIpc) is 2.93. The van der Waals surface area contributed by atoms with E-state index >= 15 is 0 Å². The van der Waals surface area contributed by atoms with E-state index in [0.29, 0.717) is 15.9 Å². The number of anilines is 1. The molecule has 2 aromatic carbocycles. The van der Waals surface area contributed by atoms with Crippen LogP contribution in [0.3, 0.4) is 0 Å². The highest BCUT2D eigenvalue weighted by atomic mass is 35.5. The fourth-order valence-electron chi connectivity index (χ4n) is 2.61. The minimum atomic E-state index is -4.51. The second-order valence-electron chi connectivity index (χ2n) is 5.63. The summed E-state index contributed by atoms with van der Waals surface area (Å²) in [7, 11) is 0. The Bertz CT molecular complexity index is 1020. The topological polar surface area (TPSA) is 51.1 Å². The van der Waals surface area contributed by atoms with Gasteiger partial charge in [0.15, 0.2) is 0 Å². The zero-order chi connectivity index (χ0) is 19.1. The molecule has 0 aliphatic rings. The Morgan fingerprint density at radius 3 is 2.50 bits per heavy atom. The van der Waals surface area contributed by atoms with Crippen molar-refractivity contribution < 1.29 is 22.8 Å². The van der Waals surface area contributed by atoms with E-state index in [1.807, 2.05) is 0 Å². The van der Waals surface area contributed by atoms with Crippen LogP contribution in [-0.2, 0) is 6.18 Å². The zero-order valence-corrected chi connectivity index (χ0v) is 14.2. The smallest absolute Gasteiger partial charge is 0.322 e. The largest absolute Gasteiger partial charge is 0.416 e. The first-order valence-electron chi connectivity index (χ1n) is 7.47. The van der Waals surface area contributed by atoms with Crippen LogP contribution >= 0.6 is 11.6 Å². The van der Waals surface area contributed by atoms with Gasteiger partial charge >= 0.3 is 6.18 Å². The summed E-state index contributed by atoms with van der Waals surface area (Å²) in [6.45, 7) is 1.33. The van der Waals surface area contributed by atoms with E-state index in [0.717, 1.165) is 12.1 Å². The second kappa shape index (κ2) is 6.49. The molecule has 1 aromatic heterocycles. The molecule has 0 unspecified atom stereocenters. The Balaban J connectivity index is 2.00. The maximum absolute atomic E-state index is 12.8. The van der Waals surface area contributed by atoms with Crippen LogP contribution < -0.4 is 5.32 Å². The van der Waals surface area contributed by atoms with Crippen LogP contribution in [0.1, 0.15) is 27.6 Å². The second-order valence-corrected chi connectivity index (χ2v) is 6.06. The van der Waals surface area contributed by atoms with Crippen LogP contribution in [0, 0.1) is 0 Å². The maximum Gasteiger partial charge on any atom is 0.416 e. The summed E-state index contributed by atoms with van der Waals surface area (Å²) in [6.07, 6.45) is -3.17. The fourth-order valence-corrected chi connectivity index (χ4v) is 2.78. The quantitative estimate of drug-likeness (QED) is 0.662. The number of carbonyl (C=O) groups excluding carboxylic acids is 2. The summed E-state index contributed by atoms with van der Waals surface area (Å²) >= 11 is 5.94. The molecule has 1 amide bonds. The van der Waals surface area contributed by atoms with Gasteiger partial charge in [-0.2, -0.15) is 13.2 Å². The molecule has 4 nitrogen and oxygen atoms in total. The Labute approximate surface area is 151 Å². The summed E-state index contributed by atoms with van der Waals surface area (Å²) in [6, 6.07) is 9.01. The van der Waals surface area contributed by atoms with Gasteiger partial charge in [-0.3, -0.25) is 14.2 Å². The van der Waals surface area contributed by atoms with E-state index < -0.39 is 17.6 Å². The maximum atomic E-state index is 12.8. The number of hydrogen-bond donors (Lipinski definition) is 1. The van der Waals surface area contributed by atoms with Gasteiger partial charge in [0.2, 0.25) is 5.91 Å². The molecule has 3 aromatic rings. The first-order valence-corrected chi connectivity index (χ1v) is 7.85. The number of alkyl halides is 3. The van der Waals surface area contributed by atoms with Gasteiger partial charge in [-0.15, -0.1) is 0 Å². The summed E-state index contributed by atoms with van der Waals surface area (Å²) in [5.41, 5.74) is -0.265. The van der Waals surface area contributed by atoms with Crippen molar-refractivity contribution in [3.63, 3.8) is 0 Å². The lowest BCUT2D eigenvalue weighted by molar-refractivity contribution is -0.137. The van der Waals surface area contributed by atoms with Crippen molar-refractivity contribution in [1.29, 1.82) is 0 Å². The Hall–Kier alpha value is -2.80. The number of halogens is 4. The monoisotopic (exact) mass is 380 g/mol. The molecule has 0 fully saturated rings. The number of rotatable bonds is 2. The highest BCUT2D eigenvalue weighted by Gasteiger charge is 2.30. The highest BCUT2D eigenvalue weighted by molar-refractivity contribution is 6.31. The predicted octanol–water partition coefficient (Wildman–Crippen LogP) is 5.23. The third-order valence-electron chi connectivity index (χ3n) is 3.80. The van der Waals surface area contributed by atoms with E-state index in [9.17, 15) is 22.8 Å². The van der Waals surface area contributed by atoms with Gasteiger partial charge in [-0.1, -0.05) is 23.7 Å². The van der Waals surface area contributed by atoms with Crippen molar-refractivity contribution in [2.45, 2.75) is 13.1 Å². The van der Waals surface area contributed by atoms with Gasteiger partial charge in [0.05, 0.1) is 16.6 Å². The number of amides is 1. The van der Waals surface area contributed by atoms with Crippen LogP contribution in [0.5, 0.6) is 0 Å². The predicted molar refractivity (Wildman–Crippen MR) is 92.6 cm³/mol. The van der Waals surface area contributed by atoms with Crippen molar-refractivity contribution >= 4 is 40.0 Å². The van der Waals surface area contributed by atoms with Crippen LogP contribution in [0.15, 0.2) is 48.7 Å². The molecule has 3 rings (SSSR count). The van der Waals surface area contributed by atoms with Crippen molar-refractivity contribution in [3.05, 3.63) is 64.8 Å². The molecule has 0 aliphatic carbocycles. The molecule has 0 saturated heterocycles. The summed E-state index contributed by atoms with van der Waals surface area (Å²) in [4.78, 5) is 24.3. The number of aromatic nitrogens is 1. The van der Waals surface area contributed by atoms with Gasteiger partial charge in [0, 0.05) is 29.2 Å². The molecular weight excluding hydrogens is 369 g/mol. The molecule has 0 radical (unpaired) electrons. The standard InChI is InChI=1S/C18H12ClF3N2O2/c1-10(25)24-9-15(14-6-5-12(19)8-16(14)24)17(26)23-13-4-2-3-11(7-13)18(20,21)22/h2-9H,1H3,(H,23,26). The van der Waals surface area contributed by atoms with E-state index in [4.69, 9.17) is 11.6 Å². The summed E-state index contributed by atoms with van der Waals surface area (Å²) < 4.78 is 39.7. The lowest BCUT2D eigenvalue weighted by Gasteiger charge is -2.09. The molecule has 8 heteroatoms. The molecular formula is C18H12ClF3N2O2. The van der Waals surface area contributed by atoms with E-state index in [1.165, 1.54) is 29.8 Å². The van der Waals surface area contributed by atoms with Gasteiger partial charge < -0.3 is 5.32 Å². The number of carbonyl (C=O) groups is 2. The van der Waals surface area contributed by atoms with Crippen LogP contribution in [0.25, 0.3) is 10.9 Å². The Morgan fingerprint density at radius 1 is 1.12 bits per heavy atom. The summed E-state index contributed by atoms with van der Waals surface area (Å²) in [5, 5.41) is 3.29. The van der Waals surface area contributed by atoms with Crippen molar-refractivity contribution in [3.8, 4) is 0 Å². The third kappa shape index (κ3) is 3.43. The van der Waals surface area contributed by atoms with E-state index in [2.05, 4.69) is 5.32 Å². The number of benzene rings is 2. The zero-order valence-electron chi connectivity index (χ0n) is 13.4. The highest BCUT2D eigenvalue weighted by Crippen LogP contribution is 2.31. The van der Waals surface area contributed by atoms with Gasteiger partial charge in [-0.05, 0) is 30.3 Å². The van der Waals surface area contributed by atoms with Crippen LogP contribution in [0.4, 0.5) is 18.9 Å². The van der Waals surface area contributed by atoms with Crippen LogP contribution in [-0.4, -0.2) is 16.4 Å². The molecule has 1 N–H and O–H groups in total. The minimum Gasteiger partial charge on any atom is -0.322 e. The van der Waals surface area contributed by atoms with Gasteiger partial charge in [0.25, 0.3) is 5.91 Å². The van der Waals surface area contributed by atoms with Crippen molar-refractivity contribution in [2.24, 2.45) is 0 Å². The van der Waals surface area contributed by atoms with Crippen molar-refractivity contribution in [2.75, 3.05) is 5.32 Å². The molecule has 134 valence electrons. The molecule has 0 bridgehead atoms. The molecule has 0 saturated carbocycles. The fraction of sp³-hybridized carbons (Fsp3) is 0.111. The lowest BCUT2D eigenvalue weighted by Crippen LogP contribution is -2.13. The molecule has 0 atom stereocenters. The molecule has 1 heterocycles. The average molecular weight is 381 g/mol. The Kier molecular flexibility index (Phi) is 4.50. The third-order valence-corrected chi connectivity index (χ3v) is 4.03. The first-order chi connectivity index (χ1) is 12.2.